The van der Waals surface area contributed by atoms with E-state index in [4.69, 9.17) is 11.6 Å². The third-order valence-corrected chi connectivity index (χ3v) is 5.84. The number of aryl methyl sites for hydroxylation is 1. The van der Waals surface area contributed by atoms with E-state index in [1.807, 2.05) is 36.9 Å². The Hall–Kier alpha value is -1.65. The molecule has 0 saturated carbocycles. The van der Waals surface area contributed by atoms with Crippen molar-refractivity contribution in [3.63, 3.8) is 0 Å². The summed E-state index contributed by atoms with van der Waals surface area (Å²) in [7, 11) is 0. The number of para-hydroxylation sites is 1. The van der Waals surface area contributed by atoms with E-state index in [-0.39, 0.29) is 5.91 Å². The van der Waals surface area contributed by atoms with Gasteiger partial charge in [0, 0.05) is 27.4 Å². The van der Waals surface area contributed by atoms with Crippen LogP contribution >= 0.6 is 23.4 Å². The van der Waals surface area contributed by atoms with Gasteiger partial charge in [0.05, 0.1) is 12.2 Å². The maximum absolute atomic E-state index is 12.5. The molecule has 3 rings (SSSR count). The molecule has 2 aromatic rings. The van der Waals surface area contributed by atoms with E-state index in [0.29, 0.717) is 16.8 Å². The van der Waals surface area contributed by atoms with E-state index < -0.39 is 0 Å². The van der Waals surface area contributed by atoms with Crippen LogP contribution < -0.4 is 10.2 Å². The van der Waals surface area contributed by atoms with Gasteiger partial charge >= 0.3 is 0 Å². The Morgan fingerprint density at radius 3 is 2.92 bits per heavy atom. The van der Waals surface area contributed by atoms with Crippen molar-refractivity contribution in [1.29, 1.82) is 0 Å². The maximum Gasteiger partial charge on any atom is 0.243 e. The molecular weight excluding hydrogens is 340 g/mol. The van der Waals surface area contributed by atoms with Crippen LogP contribution in [0.2, 0.25) is 5.02 Å². The van der Waals surface area contributed by atoms with Crippen molar-refractivity contribution in [2.24, 2.45) is 0 Å². The molecule has 1 aliphatic heterocycles. The molecule has 0 aliphatic carbocycles. The van der Waals surface area contributed by atoms with Crippen LogP contribution in [-0.2, 0) is 4.79 Å². The highest BCUT2D eigenvalue weighted by Crippen LogP contribution is 2.39. The predicted octanol–water partition coefficient (Wildman–Crippen LogP) is 4.98. The quantitative estimate of drug-likeness (QED) is 0.834. The van der Waals surface area contributed by atoms with E-state index in [0.717, 1.165) is 29.9 Å². The third-order valence-electron chi connectivity index (χ3n) is 4.19. The minimum absolute atomic E-state index is 0.0167. The summed E-state index contributed by atoms with van der Waals surface area (Å²) >= 11 is 7.94. The Morgan fingerprint density at radius 2 is 2.12 bits per heavy atom. The van der Waals surface area contributed by atoms with Crippen LogP contribution in [0.3, 0.4) is 0 Å². The summed E-state index contributed by atoms with van der Waals surface area (Å²) in [4.78, 5) is 16.0. The van der Waals surface area contributed by atoms with Gasteiger partial charge in [-0.25, -0.2) is 0 Å². The number of amides is 1. The monoisotopic (exact) mass is 360 g/mol. The Labute approximate surface area is 152 Å². The molecule has 2 aromatic carbocycles. The Bertz CT molecular complexity index is 750. The summed E-state index contributed by atoms with van der Waals surface area (Å²) in [6.45, 7) is 5.39. The second-order valence-corrected chi connectivity index (χ2v) is 7.78. The number of halogens is 1. The van der Waals surface area contributed by atoms with Crippen LogP contribution in [0.25, 0.3) is 0 Å². The van der Waals surface area contributed by atoms with Gasteiger partial charge in [-0.3, -0.25) is 4.79 Å². The van der Waals surface area contributed by atoms with Crippen molar-refractivity contribution < 1.29 is 4.79 Å². The Morgan fingerprint density at radius 1 is 1.33 bits per heavy atom. The number of anilines is 2. The van der Waals surface area contributed by atoms with E-state index in [9.17, 15) is 4.79 Å². The lowest BCUT2D eigenvalue weighted by Gasteiger charge is -2.34. The zero-order chi connectivity index (χ0) is 17.1. The number of carbonyl (C=O) groups is 1. The summed E-state index contributed by atoms with van der Waals surface area (Å²) in [5.41, 5.74) is 2.93. The average molecular weight is 361 g/mol. The molecule has 5 heteroatoms. The summed E-state index contributed by atoms with van der Waals surface area (Å²) in [5.74, 6) is -0.0167. The summed E-state index contributed by atoms with van der Waals surface area (Å²) in [6.07, 6.45) is 1.09. The van der Waals surface area contributed by atoms with E-state index in [1.165, 1.54) is 4.90 Å². The SMILES string of the molecule is CC[C@@H]1CN(CC(=O)Nc2cc(Cl)ccc2C)c2ccccc2S1. The molecule has 0 aromatic heterocycles. The fraction of sp³-hybridized carbons (Fsp3) is 0.316. The van der Waals surface area contributed by atoms with Crippen LogP contribution in [0.4, 0.5) is 11.4 Å². The number of nitrogens with one attached hydrogen (secondary N) is 1. The normalized spacial score (nSPS) is 16.6. The first kappa shape index (κ1) is 17.2. The number of fused-ring (bicyclic) bond motifs is 1. The van der Waals surface area contributed by atoms with Gasteiger partial charge < -0.3 is 10.2 Å². The molecule has 0 bridgehead atoms. The molecule has 1 atom stereocenters. The van der Waals surface area contributed by atoms with Gasteiger partial charge in [0.15, 0.2) is 0 Å². The van der Waals surface area contributed by atoms with Crippen molar-refractivity contribution in [3.05, 3.63) is 53.1 Å². The molecule has 0 radical (unpaired) electrons. The predicted molar refractivity (Wildman–Crippen MR) is 103 cm³/mol. The highest BCUT2D eigenvalue weighted by Gasteiger charge is 2.25. The number of nitrogens with zero attached hydrogens (tertiary/aromatic N) is 1. The highest BCUT2D eigenvalue weighted by atomic mass is 35.5. The molecule has 0 saturated heterocycles. The summed E-state index contributed by atoms with van der Waals surface area (Å²) < 4.78 is 0. The highest BCUT2D eigenvalue weighted by molar-refractivity contribution is 8.00. The lowest BCUT2D eigenvalue weighted by Crippen LogP contribution is -2.40. The number of hydrogen-bond donors (Lipinski definition) is 1. The first-order chi connectivity index (χ1) is 11.6. The van der Waals surface area contributed by atoms with Crippen LogP contribution in [0.5, 0.6) is 0 Å². The number of benzene rings is 2. The lowest BCUT2D eigenvalue weighted by molar-refractivity contribution is -0.115. The number of rotatable bonds is 4. The second-order valence-electron chi connectivity index (χ2n) is 6.00. The van der Waals surface area contributed by atoms with Crippen molar-refractivity contribution in [1.82, 2.24) is 0 Å². The largest absolute Gasteiger partial charge is 0.360 e. The molecule has 1 heterocycles. The average Bonchev–Trinajstić information content (AvgIpc) is 2.58. The van der Waals surface area contributed by atoms with Crippen molar-refractivity contribution in [3.8, 4) is 0 Å². The molecule has 0 unspecified atom stereocenters. The number of hydrogen-bond acceptors (Lipinski definition) is 3. The molecule has 1 N–H and O–H groups in total. The van der Waals surface area contributed by atoms with Gasteiger partial charge in [0.2, 0.25) is 5.91 Å². The van der Waals surface area contributed by atoms with Crippen LogP contribution in [0, 0.1) is 6.92 Å². The third kappa shape index (κ3) is 3.87. The summed E-state index contributed by atoms with van der Waals surface area (Å²) in [5, 5.41) is 4.13. The van der Waals surface area contributed by atoms with Crippen molar-refractivity contribution in [2.45, 2.75) is 30.4 Å². The molecule has 1 aliphatic rings. The van der Waals surface area contributed by atoms with Gasteiger partial charge in [-0.05, 0) is 43.2 Å². The topological polar surface area (TPSA) is 32.3 Å². The second kappa shape index (κ2) is 7.49. The Kier molecular flexibility index (Phi) is 5.36. The minimum Gasteiger partial charge on any atom is -0.360 e. The summed E-state index contributed by atoms with van der Waals surface area (Å²) in [6, 6.07) is 13.8. The van der Waals surface area contributed by atoms with Crippen molar-refractivity contribution >= 4 is 40.6 Å². The number of thioether (sulfide) groups is 1. The molecule has 0 fully saturated rings. The van der Waals surface area contributed by atoms with Gasteiger partial charge in [0.1, 0.15) is 0 Å². The maximum atomic E-state index is 12.5. The van der Waals surface area contributed by atoms with Crippen LogP contribution in [0.1, 0.15) is 18.9 Å². The fourth-order valence-electron chi connectivity index (χ4n) is 2.83. The van der Waals surface area contributed by atoms with Crippen LogP contribution in [-0.4, -0.2) is 24.2 Å². The van der Waals surface area contributed by atoms with Gasteiger partial charge in [-0.1, -0.05) is 36.7 Å². The molecule has 24 heavy (non-hydrogen) atoms. The first-order valence-electron chi connectivity index (χ1n) is 8.13. The molecule has 3 nitrogen and oxygen atoms in total. The van der Waals surface area contributed by atoms with Crippen LogP contribution in [0.15, 0.2) is 47.4 Å². The van der Waals surface area contributed by atoms with Gasteiger partial charge in [-0.15, -0.1) is 11.8 Å². The van der Waals surface area contributed by atoms with Gasteiger partial charge in [-0.2, -0.15) is 0 Å². The minimum atomic E-state index is -0.0167. The van der Waals surface area contributed by atoms with Crippen molar-refractivity contribution in [2.75, 3.05) is 23.3 Å². The standard InChI is InChI=1S/C19H21ClN2OS/c1-3-15-11-22(17-6-4-5-7-18(17)24-15)12-19(23)21-16-10-14(20)9-8-13(16)2/h4-10,15H,3,11-12H2,1-2H3,(H,21,23)/t15-/m1/s1. The molecule has 0 spiro atoms. The smallest absolute Gasteiger partial charge is 0.243 e. The Balaban J connectivity index is 1.75. The molecular formula is C19H21ClN2OS. The first-order valence-corrected chi connectivity index (χ1v) is 9.39. The zero-order valence-corrected chi connectivity index (χ0v) is 15.5. The molecule has 126 valence electrons. The zero-order valence-electron chi connectivity index (χ0n) is 13.9. The van der Waals surface area contributed by atoms with E-state index in [2.05, 4.69) is 35.3 Å². The fourth-order valence-corrected chi connectivity index (χ4v) is 4.26. The van der Waals surface area contributed by atoms with E-state index >= 15 is 0 Å². The number of carbonyl (C=O) groups excluding carboxylic acids is 1. The van der Waals surface area contributed by atoms with Gasteiger partial charge in [0.25, 0.3) is 0 Å². The lowest BCUT2D eigenvalue weighted by atomic mass is 10.2. The molecule has 1 amide bonds. The van der Waals surface area contributed by atoms with E-state index in [1.54, 1.807) is 6.07 Å².